The number of aromatic nitrogens is 2. The van der Waals surface area contributed by atoms with Gasteiger partial charge in [-0.25, -0.2) is 13.8 Å². The average Bonchev–Trinajstić information content (AvgIpc) is 3.21. The van der Waals surface area contributed by atoms with Crippen molar-refractivity contribution in [3.63, 3.8) is 0 Å². The summed E-state index contributed by atoms with van der Waals surface area (Å²) in [6.45, 7) is 1.26. The Balaban J connectivity index is 1.92. The normalized spacial score (nSPS) is 27.0. The Kier molecular flexibility index (Phi) is 3.87. The van der Waals surface area contributed by atoms with Gasteiger partial charge in [-0.2, -0.15) is 4.98 Å². The van der Waals surface area contributed by atoms with Gasteiger partial charge in [0.2, 0.25) is 5.28 Å². The Bertz CT molecular complexity index is 809. The molecule has 1 saturated heterocycles. The topological polar surface area (TPSA) is 38.2 Å². The summed E-state index contributed by atoms with van der Waals surface area (Å²) in [6, 6.07) is 1.23. The van der Waals surface area contributed by atoms with Crippen LogP contribution in [0.4, 0.5) is 14.6 Å². The van der Waals surface area contributed by atoms with E-state index in [1.807, 2.05) is 0 Å². The van der Waals surface area contributed by atoms with E-state index in [2.05, 4.69) is 25.9 Å². The van der Waals surface area contributed by atoms with Gasteiger partial charge in [0.25, 0.3) is 0 Å². The molecule has 2 fully saturated rings. The molecule has 1 aliphatic heterocycles. The number of alkyl halides is 1. The minimum Gasteiger partial charge on any atom is -0.379 e. The molecule has 1 aromatic carbocycles. The van der Waals surface area contributed by atoms with Crippen molar-refractivity contribution in [1.29, 1.82) is 0 Å². The van der Waals surface area contributed by atoms with Crippen LogP contribution < -0.4 is 4.90 Å². The number of fused-ring (bicyclic) bond motifs is 2. The second-order valence-electron chi connectivity index (χ2n) is 5.57. The molecule has 0 bridgehead atoms. The molecule has 4 nitrogen and oxygen atoms in total. The molecule has 2 aromatic rings. The first kappa shape index (κ1) is 15.7. The zero-order valence-electron chi connectivity index (χ0n) is 11.6. The molecule has 1 aromatic heterocycles. The lowest BCUT2D eigenvalue weighted by Gasteiger charge is -2.24. The number of anilines is 1. The summed E-state index contributed by atoms with van der Waals surface area (Å²) < 4.78 is 34.0. The number of hydrogen-bond acceptors (Lipinski definition) is 4. The van der Waals surface area contributed by atoms with Crippen molar-refractivity contribution < 1.29 is 13.5 Å². The van der Waals surface area contributed by atoms with Crippen LogP contribution in [-0.2, 0) is 4.74 Å². The first-order valence-electron chi connectivity index (χ1n) is 6.98. The summed E-state index contributed by atoms with van der Waals surface area (Å²) in [5.41, 5.74) is 0.0500. The predicted octanol–water partition coefficient (Wildman–Crippen LogP) is 4.01. The highest BCUT2D eigenvalue weighted by Crippen LogP contribution is 2.45. The van der Waals surface area contributed by atoms with Gasteiger partial charge in [-0.15, -0.1) is 0 Å². The van der Waals surface area contributed by atoms with Crippen molar-refractivity contribution in [3.05, 3.63) is 26.7 Å². The average molecular weight is 425 g/mol. The van der Waals surface area contributed by atoms with E-state index in [1.165, 1.54) is 0 Å². The van der Waals surface area contributed by atoms with Crippen LogP contribution in [0.1, 0.15) is 0 Å². The summed E-state index contributed by atoms with van der Waals surface area (Å²) in [6.07, 6.45) is -0.991. The molecule has 0 spiro atoms. The SMILES string of the molecule is Fc1c(Br)c(Cl)cc2c(N3CCOC[C@H]4[C@H](F)[C@@H]43)nc(Cl)nc12. The molecular formula is C14H10BrCl2F2N3O. The largest absolute Gasteiger partial charge is 0.379 e. The minimum atomic E-state index is -0.991. The van der Waals surface area contributed by atoms with E-state index >= 15 is 0 Å². The summed E-state index contributed by atoms with van der Waals surface area (Å²) in [4.78, 5) is 9.94. The third-order valence-corrected chi connectivity index (χ3v) is 5.70. The van der Waals surface area contributed by atoms with Crippen LogP contribution in [0.3, 0.4) is 0 Å². The van der Waals surface area contributed by atoms with E-state index in [4.69, 9.17) is 27.9 Å². The molecular weight excluding hydrogens is 415 g/mol. The van der Waals surface area contributed by atoms with Crippen LogP contribution in [0.5, 0.6) is 0 Å². The third-order valence-electron chi connectivity index (χ3n) is 4.23. The van der Waals surface area contributed by atoms with Crippen molar-refractivity contribution in [3.8, 4) is 0 Å². The Morgan fingerprint density at radius 2 is 2.13 bits per heavy atom. The van der Waals surface area contributed by atoms with E-state index in [9.17, 15) is 8.78 Å². The van der Waals surface area contributed by atoms with Crippen LogP contribution in [0.15, 0.2) is 10.5 Å². The highest BCUT2D eigenvalue weighted by Gasteiger charge is 2.56. The van der Waals surface area contributed by atoms with Crippen molar-refractivity contribution in [2.75, 3.05) is 24.7 Å². The number of nitrogens with zero attached hydrogens (tertiary/aromatic N) is 3. The molecule has 3 atom stereocenters. The van der Waals surface area contributed by atoms with Crippen LogP contribution in [0, 0.1) is 11.7 Å². The fourth-order valence-electron chi connectivity index (χ4n) is 3.04. The van der Waals surface area contributed by atoms with Gasteiger partial charge in [0.15, 0.2) is 5.82 Å². The first-order chi connectivity index (χ1) is 11.0. The maximum Gasteiger partial charge on any atom is 0.225 e. The molecule has 0 radical (unpaired) electrons. The Labute approximate surface area is 148 Å². The van der Waals surface area contributed by atoms with E-state index in [0.29, 0.717) is 31.0 Å². The van der Waals surface area contributed by atoms with Crippen LogP contribution >= 0.6 is 39.1 Å². The van der Waals surface area contributed by atoms with E-state index in [0.717, 1.165) is 0 Å². The second kappa shape index (κ2) is 5.65. The second-order valence-corrected chi connectivity index (χ2v) is 7.10. The molecule has 122 valence electrons. The van der Waals surface area contributed by atoms with Gasteiger partial charge in [0.05, 0.1) is 28.8 Å². The van der Waals surface area contributed by atoms with Crippen LogP contribution in [-0.4, -0.2) is 41.9 Å². The fraction of sp³-hybridized carbons (Fsp3) is 0.429. The van der Waals surface area contributed by atoms with Crippen LogP contribution in [0.2, 0.25) is 10.3 Å². The highest BCUT2D eigenvalue weighted by atomic mass is 79.9. The van der Waals surface area contributed by atoms with Crippen LogP contribution in [0.25, 0.3) is 10.9 Å². The zero-order valence-corrected chi connectivity index (χ0v) is 14.7. The molecule has 0 unspecified atom stereocenters. The Morgan fingerprint density at radius 3 is 2.91 bits per heavy atom. The number of rotatable bonds is 1. The lowest BCUT2D eigenvalue weighted by molar-refractivity contribution is 0.131. The van der Waals surface area contributed by atoms with Gasteiger partial charge in [0, 0.05) is 17.8 Å². The van der Waals surface area contributed by atoms with Gasteiger partial charge in [-0.1, -0.05) is 11.6 Å². The number of hydrogen-bond donors (Lipinski definition) is 0. The summed E-state index contributed by atoms with van der Waals surface area (Å²) >= 11 is 15.1. The molecule has 1 saturated carbocycles. The molecule has 9 heteroatoms. The zero-order chi connectivity index (χ0) is 16.3. The quantitative estimate of drug-likeness (QED) is 0.512. The van der Waals surface area contributed by atoms with Gasteiger partial charge < -0.3 is 9.64 Å². The van der Waals surface area contributed by atoms with E-state index in [-0.39, 0.29) is 32.3 Å². The maximum atomic E-state index is 14.5. The van der Waals surface area contributed by atoms with Gasteiger partial charge in [-0.05, 0) is 33.6 Å². The Hall–Kier alpha value is -0.760. The van der Waals surface area contributed by atoms with Gasteiger partial charge >= 0.3 is 0 Å². The summed E-state index contributed by atoms with van der Waals surface area (Å²) in [7, 11) is 0. The molecule has 4 rings (SSSR count). The van der Waals surface area contributed by atoms with Gasteiger partial charge in [0.1, 0.15) is 17.5 Å². The highest BCUT2D eigenvalue weighted by molar-refractivity contribution is 9.10. The fourth-order valence-corrected chi connectivity index (χ4v) is 3.70. The van der Waals surface area contributed by atoms with E-state index in [1.54, 1.807) is 11.0 Å². The first-order valence-corrected chi connectivity index (χ1v) is 8.53. The van der Waals surface area contributed by atoms with Gasteiger partial charge in [-0.3, -0.25) is 0 Å². The van der Waals surface area contributed by atoms with E-state index < -0.39 is 12.0 Å². The predicted molar refractivity (Wildman–Crippen MR) is 87.6 cm³/mol. The third kappa shape index (κ3) is 2.49. The molecule has 2 aliphatic rings. The smallest absolute Gasteiger partial charge is 0.225 e. The summed E-state index contributed by atoms with van der Waals surface area (Å²) in [5.74, 6) is -0.431. The molecule has 0 N–H and O–H groups in total. The number of ether oxygens (including phenoxy) is 1. The monoisotopic (exact) mass is 423 g/mol. The van der Waals surface area contributed by atoms with Crippen molar-refractivity contribution in [2.24, 2.45) is 5.92 Å². The van der Waals surface area contributed by atoms with Crippen molar-refractivity contribution >= 4 is 55.9 Å². The molecule has 1 aliphatic carbocycles. The lowest BCUT2D eigenvalue weighted by atomic mass is 10.2. The number of halogens is 5. The molecule has 2 heterocycles. The van der Waals surface area contributed by atoms with Crippen molar-refractivity contribution in [1.82, 2.24) is 9.97 Å². The lowest BCUT2D eigenvalue weighted by Crippen LogP contribution is -2.31. The Morgan fingerprint density at radius 1 is 1.35 bits per heavy atom. The number of benzene rings is 1. The summed E-state index contributed by atoms with van der Waals surface area (Å²) in [5, 5.41) is 0.496. The minimum absolute atomic E-state index is 0.0500. The molecule has 23 heavy (non-hydrogen) atoms. The standard InChI is InChI=1S/C14H10BrCl2F2N3O/c15-8-7(16)3-5-11(10(8)19)20-14(17)21-13(5)22-1-2-23-4-6-9(18)12(6)22/h3,6,9,12H,1-2,4H2/t6-,9-,12+/m0/s1. The maximum absolute atomic E-state index is 14.5. The molecule has 0 amide bonds. The van der Waals surface area contributed by atoms with Crippen molar-refractivity contribution in [2.45, 2.75) is 12.2 Å².